The highest BCUT2D eigenvalue weighted by atomic mass is 15.1. The Morgan fingerprint density at radius 1 is 0.266 bits per heavy atom. The number of para-hydroxylation sites is 3. The zero-order chi connectivity index (χ0) is 42.4. The third-order valence-electron chi connectivity index (χ3n) is 12.8. The van der Waals surface area contributed by atoms with Crippen LogP contribution in [0.15, 0.2) is 255 Å². The maximum atomic E-state index is 2.42. The van der Waals surface area contributed by atoms with Crippen LogP contribution in [0.2, 0.25) is 0 Å². The van der Waals surface area contributed by atoms with Crippen molar-refractivity contribution >= 4 is 60.4 Å². The van der Waals surface area contributed by atoms with Gasteiger partial charge < -0.3 is 9.47 Å². The van der Waals surface area contributed by atoms with Crippen molar-refractivity contribution in [2.75, 3.05) is 4.90 Å². The molecule has 0 amide bonds. The Labute approximate surface area is 373 Å². The SMILES string of the molecule is c1ccc(-c2ccc(-c3ccc(N(c4ccc(-c5cccc6c7ccccc7n(-c7ccccc7)c56)cc4)c4cccc(-c5cccc6c5ccc5ccccc56)c4)cc3)cc2)cc1. The van der Waals surface area contributed by atoms with Crippen LogP contribution in [0.25, 0.3) is 93.5 Å². The van der Waals surface area contributed by atoms with Crippen molar-refractivity contribution in [3.8, 4) is 50.2 Å². The van der Waals surface area contributed by atoms with Crippen LogP contribution in [-0.2, 0) is 0 Å². The van der Waals surface area contributed by atoms with Gasteiger partial charge in [-0.2, -0.15) is 0 Å². The van der Waals surface area contributed by atoms with Crippen LogP contribution in [0.5, 0.6) is 0 Å². The van der Waals surface area contributed by atoms with E-state index in [2.05, 4.69) is 264 Å². The highest BCUT2D eigenvalue weighted by Gasteiger charge is 2.19. The second kappa shape index (κ2) is 15.8. The van der Waals surface area contributed by atoms with Crippen LogP contribution in [-0.4, -0.2) is 4.57 Å². The Morgan fingerprint density at radius 3 is 1.50 bits per heavy atom. The van der Waals surface area contributed by atoms with Gasteiger partial charge in [0.2, 0.25) is 0 Å². The van der Waals surface area contributed by atoms with Crippen LogP contribution in [0.1, 0.15) is 0 Å². The molecule has 0 spiro atoms. The molecule has 0 radical (unpaired) electrons. The maximum absolute atomic E-state index is 2.42. The molecular formula is C62H42N2. The Bertz CT molecular complexity index is 3620. The summed E-state index contributed by atoms with van der Waals surface area (Å²) in [6, 6.07) is 92.6. The van der Waals surface area contributed by atoms with Crippen LogP contribution < -0.4 is 4.90 Å². The van der Waals surface area contributed by atoms with Crippen molar-refractivity contribution in [2.45, 2.75) is 0 Å². The molecule has 64 heavy (non-hydrogen) atoms. The molecule has 0 N–H and O–H groups in total. The number of nitrogens with zero attached hydrogens (tertiary/aromatic N) is 2. The molecule has 0 aliphatic heterocycles. The number of fused-ring (bicyclic) bond motifs is 6. The standard InChI is InChI=1S/C62H42N2/c1-3-14-43(15-4-1)44-28-30-45(31-29-44)46-32-37-51(38-33-46)63(53-20-11-17-49(42-53)55-23-12-25-57-54-21-8-7-16-47(54)36-41-58(55)57)52-39-34-48(35-40-52)56-24-13-26-60-59-22-9-10-27-61(59)64(62(56)60)50-18-5-2-6-19-50/h1-42H. The van der Waals surface area contributed by atoms with Gasteiger partial charge in [0.15, 0.2) is 0 Å². The average Bonchev–Trinajstić information content (AvgIpc) is 3.72. The van der Waals surface area contributed by atoms with Gasteiger partial charge >= 0.3 is 0 Å². The molecule has 1 aromatic heterocycles. The van der Waals surface area contributed by atoms with Crippen LogP contribution in [0, 0.1) is 0 Å². The molecule has 2 nitrogen and oxygen atoms in total. The second-order valence-corrected chi connectivity index (χ2v) is 16.5. The molecule has 12 rings (SSSR count). The van der Waals surface area contributed by atoms with Gasteiger partial charge in [-0.25, -0.2) is 0 Å². The molecule has 2 heteroatoms. The summed E-state index contributed by atoms with van der Waals surface area (Å²) in [6.07, 6.45) is 0. The number of anilines is 3. The van der Waals surface area contributed by atoms with Gasteiger partial charge in [0.25, 0.3) is 0 Å². The number of aromatic nitrogens is 1. The fourth-order valence-electron chi connectivity index (χ4n) is 9.73. The monoisotopic (exact) mass is 814 g/mol. The van der Waals surface area contributed by atoms with Crippen molar-refractivity contribution in [1.82, 2.24) is 4.57 Å². The van der Waals surface area contributed by atoms with E-state index in [9.17, 15) is 0 Å². The van der Waals surface area contributed by atoms with Gasteiger partial charge in [0, 0.05) is 39.1 Å². The molecule has 11 aromatic carbocycles. The summed E-state index contributed by atoms with van der Waals surface area (Å²) >= 11 is 0. The molecule has 0 aliphatic carbocycles. The molecule has 0 saturated carbocycles. The third-order valence-corrected chi connectivity index (χ3v) is 12.8. The fourth-order valence-corrected chi connectivity index (χ4v) is 9.73. The van der Waals surface area contributed by atoms with Crippen molar-refractivity contribution in [3.63, 3.8) is 0 Å². The molecule has 0 bridgehead atoms. The molecule has 0 fully saturated rings. The lowest BCUT2D eigenvalue weighted by Crippen LogP contribution is -2.10. The molecule has 300 valence electrons. The van der Waals surface area contributed by atoms with Crippen molar-refractivity contribution in [1.29, 1.82) is 0 Å². The number of rotatable bonds is 8. The first-order valence-electron chi connectivity index (χ1n) is 22.0. The number of benzene rings is 11. The summed E-state index contributed by atoms with van der Waals surface area (Å²) in [7, 11) is 0. The molecule has 0 saturated heterocycles. The summed E-state index contributed by atoms with van der Waals surface area (Å²) < 4.78 is 2.42. The Morgan fingerprint density at radius 2 is 0.781 bits per heavy atom. The molecule has 0 aliphatic rings. The lowest BCUT2D eigenvalue weighted by atomic mass is 9.94. The van der Waals surface area contributed by atoms with Gasteiger partial charge in [0.1, 0.15) is 0 Å². The summed E-state index contributed by atoms with van der Waals surface area (Å²) in [4.78, 5) is 2.39. The van der Waals surface area contributed by atoms with Crippen LogP contribution >= 0.6 is 0 Å². The first kappa shape index (κ1) is 37.3. The quantitative estimate of drug-likeness (QED) is 0.139. The van der Waals surface area contributed by atoms with E-state index in [-0.39, 0.29) is 0 Å². The Hall–Kier alpha value is -8.46. The van der Waals surface area contributed by atoms with E-state index >= 15 is 0 Å². The zero-order valence-electron chi connectivity index (χ0n) is 35.1. The van der Waals surface area contributed by atoms with E-state index in [1.54, 1.807) is 0 Å². The summed E-state index contributed by atoms with van der Waals surface area (Å²) in [5.74, 6) is 0. The number of hydrogen-bond donors (Lipinski definition) is 0. The van der Waals surface area contributed by atoms with E-state index in [0.717, 1.165) is 22.7 Å². The Balaban J connectivity index is 0.973. The molecule has 1 heterocycles. The molecular weight excluding hydrogens is 773 g/mol. The lowest BCUT2D eigenvalue weighted by Gasteiger charge is -2.26. The van der Waals surface area contributed by atoms with Gasteiger partial charge in [-0.15, -0.1) is 0 Å². The highest BCUT2D eigenvalue weighted by molar-refractivity contribution is 6.14. The minimum Gasteiger partial charge on any atom is -0.310 e. The number of hydrogen-bond acceptors (Lipinski definition) is 1. The molecule has 0 atom stereocenters. The predicted molar refractivity (Wildman–Crippen MR) is 272 cm³/mol. The summed E-state index contributed by atoms with van der Waals surface area (Å²) in [6.45, 7) is 0. The minimum absolute atomic E-state index is 1.08. The largest absolute Gasteiger partial charge is 0.310 e. The van der Waals surface area contributed by atoms with Gasteiger partial charge in [-0.1, -0.05) is 200 Å². The van der Waals surface area contributed by atoms with Gasteiger partial charge in [-0.3, -0.25) is 0 Å². The third kappa shape index (κ3) is 6.52. The predicted octanol–water partition coefficient (Wildman–Crippen LogP) is 17.2. The van der Waals surface area contributed by atoms with E-state index in [0.29, 0.717) is 0 Å². The second-order valence-electron chi connectivity index (χ2n) is 16.5. The van der Waals surface area contributed by atoms with Gasteiger partial charge in [0.05, 0.1) is 11.0 Å². The van der Waals surface area contributed by atoms with Crippen molar-refractivity contribution in [2.24, 2.45) is 0 Å². The van der Waals surface area contributed by atoms with Crippen molar-refractivity contribution < 1.29 is 0 Å². The molecule has 12 aromatic rings. The van der Waals surface area contributed by atoms with Crippen LogP contribution in [0.3, 0.4) is 0 Å². The van der Waals surface area contributed by atoms with E-state index in [1.165, 1.54) is 87.9 Å². The van der Waals surface area contributed by atoms with E-state index in [4.69, 9.17) is 0 Å². The zero-order valence-corrected chi connectivity index (χ0v) is 35.1. The first-order chi connectivity index (χ1) is 31.7. The first-order valence-corrected chi connectivity index (χ1v) is 22.0. The lowest BCUT2D eigenvalue weighted by molar-refractivity contribution is 1.18. The Kier molecular flexibility index (Phi) is 9.20. The summed E-state index contributed by atoms with van der Waals surface area (Å²) in [5, 5.41) is 7.54. The minimum atomic E-state index is 1.08. The van der Waals surface area contributed by atoms with Gasteiger partial charge in [-0.05, 0) is 115 Å². The average molecular weight is 815 g/mol. The van der Waals surface area contributed by atoms with Crippen molar-refractivity contribution in [3.05, 3.63) is 255 Å². The fraction of sp³-hybridized carbons (Fsp3) is 0. The van der Waals surface area contributed by atoms with E-state index < -0.39 is 0 Å². The normalized spacial score (nSPS) is 11.4. The maximum Gasteiger partial charge on any atom is 0.0619 e. The topological polar surface area (TPSA) is 8.17 Å². The highest BCUT2D eigenvalue weighted by Crippen LogP contribution is 2.42. The van der Waals surface area contributed by atoms with Crippen LogP contribution in [0.4, 0.5) is 17.1 Å². The summed E-state index contributed by atoms with van der Waals surface area (Å²) in [5.41, 5.74) is 16.4. The smallest absolute Gasteiger partial charge is 0.0619 e. The molecule has 0 unspecified atom stereocenters. The van der Waals surface area contributed by atoms with E-state index in [1.807, 2.05) is 0 Å².